The van der Waals surface area contributed by atoms with Crippen molar-refractivity contribution < 1.29 is 36.6 Å². The molecule has 0 bridgehead atoms. The third-order valence-electron chi connectivity index (χ3n) is 5.68. The Hall–Kier alpha value is -3.45. The second-order valence-electron chi connectivity index (χ2n) is 8.40. The van der Waals surface area contributed by atoms with Crippen LogP contribution < -0.4 is 10.1 Å². The van der Waals surface area contributed by atoms with Gasteiger partial charge in [-0.15, -0.1) is 4.36 Å². The summed E-state index contributed by atoms with van der Waals surface area (Å²) in [5, 5.41) is 12.0. The number of nitrogens with zero attached hydrogens (tertiary/aromatic N) is 3. The monoisotopic (exact) mass is 510 g/mol. The van der Waals surface area contributed by atoms with Gasteiger partial charge in [0.2, 0.25) is 18.0 Å². The maximum Gasteiger partial charge on any atom is 0.388 e. The van der Waals surface area contributed by atoms with E-state index in [-0.39, 0.29) is 24.7 Å². The van der Waals surface area contributed by atoms with E-state index in [2.05, 4.69) is 19.4 Å². The number of alkyl halides is 2. The van der Waals surface area contributed by atoms with E-state index in [0.717, 1.165) is 5.56 Å². The zero-order valence-electron chi connectivity index (χ0n) is 19.1. The maximum atomic E-state index is 13.7. The number of aryl methyl sites for hydroxylation is 1. The van der Waals surface area contributed by atoms with Gasteiger partial charge in [0.15, 0.2) is 0 Å². The molecule has 2 heterocycles. The first-order chi connectivity index (χ1) is 16.4. The zero-order chi connectivity index (χ0) is 25.9. The Bertz CT molecular complexity index is 1250. The third-order valence-corrected chi connectivity index (χ3v) is 6.05. The van der Waals surface area contributed by atoms with Crippen LogP contribution in [0.5, 0.6) is 5.88 Å². The smallest absolute Gasteiger partial charge is 0.388 e. The van der Waals surface area contributed by atoms with Crippen molar-refractivity contribution in [3.63, 3.8) is 0 Å². The number of ether oxygens (including phenoxy) is 1. The number of aliphatic carboxylic acids is 1. The van der Waals surface area contributed by atoms with Crippen LogP contribution in [-0.2, 0) is 25.5 Å². The van der Waals surface area contributed by atoms with Crippen molar-refractivity contribution in [2.24, 2.45) is 4.36 Å². The van der Waals surface area contributed by atoms with Crippen LogP contribution >= 0.6 is 0 Å². The van der Waals surface area contributed by atoms with Crippen molar-refractivity contribution in [3.8, 4) is 5.88 Å². The number of benzene rings is 1. The molecule has 0 aliphatic carbocycles. The summed E-state index contributed by atoms with van der Waals surface area (Å²) in [6, 6.07) is 9.99. The maximum absolute atomic E-state index is 13.7. The molecule has 35 heavy (non-hydrogen) atoms. The van der Waals surface area contributed by atoms with Gasteiger partial charge in [-0.2, -0.15) is 17.2 Å². The van der Waals surface area contributed by atoms with E-state index in [4.69, 9.17) is 0 Å². The highest BCUT2D eigenvalue weighted by Gasteiger charge is 2.55. The molecule has 1 unspecified atom stereocenters. The van der Waals surface area contributed by atoms with E-state index in [1.807, 2.05) is 19.9 Å². The molecule has 1 saturated heterocycles. The number of hydrogen-bond donors (Lipinski definition) is 2. The fourth-order valence-corrected chi connectivity index (χ4v) is 4.47. The normalized spacial score (nSPS) is 15.9. The van der Waals surface area contributed by atoms with Gasteiger partial charge in [0, 0.05) is 18.8 Å². The number of nitrogens with one attached hydrogen (secondary N) is 1. The Morgan fingerprint density at radius 3 is 2.43 bits per heavy atom. The second kappa shape index (κ2) is 10.4. The van der Waals surface area contributed by atoms with Crippen LogP contribution in [0.3, 0.4) is 0 Å². The van der Waals surface area contributed by atoms with Gasteiger partial charge in [0.25, 0.3) is 0 Å². The van der Waals surface area contributed by atoms with Gasteiger partial charge in [-0.25, -0.2) is 9.78 Å². The molecule has 0 spiro atoms. The number of carbonyl (C=O) groups is 2. The molecule has 1 aromatic carbocycles. The van der Waals surface area contributed by atoms with Gasteiger partial charge in [-0.05, 0) is 36.1 Å². The number of likely N-dealkylation sites (tertiary alicyclic amines) is 1. The fourth-order valence-electron chi connectivity index (χ4n) is 4.09. The summed E-state index contributed by atoms with van der Waals surface area (Å²) >= 11 is 0. The minimum absolute atomic E-state index is 0.00204. The van der Waals surface area contributed by atoms with Crippen LogP contribution in [0.1, 0.15) is 36.6 Å². The highest BCUT2D eigenvalue weighted by Crippen LogP contribution is 2.41. The van der Waals surface area contributed by atoms with E-state index in [0.29, 0.717) is 11.3 Å². The van der Waals surface area contributed by atoms with Crippen molar-refractivity contribution in [2.75, 3.05) is 18.4 Å². The van der Waals surface area contributed by atoms with Crippen LogP contribution in [0.15, 0.2) is 40.8 Å². The number of aromatic nitrogens is 1. The summed E-state index contributed by atoms with van der Waals surface area (Å²) in [4.78, 5) is 30.4. The van der Waals surface area contributed by atoms with E-state index in [1.165, 1.54) is 17.0 Å². The standard InChI is InChI=1S/C22H24F2N4O6S/c1-12(2)14-6-4-5-7-15(14)22(10-28(11-22)17(19(29)30)27-35(32)33)20(31)26-16-9-8-13(3)25-18(16)34-21(23)24/h4-9,12,17,21H,10-11H2,1-3H3,(H,26,31)(H,29,30). The Kier molecular flexibility index (Phi) is 7.80. The lowest BCUT2D eigenvalue weighted by atomic mass is 9.69. The van der Waals surface area contributed by atoms with Crippen LogP contribution in [-0.4, -0.2) is 61.2 Å². The van der Waals surface area contributed by atoms with Crippen molar-refractivity contribution in [3.05, 3.63) is 53.2 Å². The lowest BCUT2D eigenvalue weighted by molar-refractivity contribution is -0.149. The quantitative estimate of drug-likeness (QED) is 0.525. The van der Waals surface area contributed by atoms with Gasteiger partial charge < -0.3 is 15.2 Å². The largest absolute Gasteiger partial charge is 0.479 e. The van der Waals surface area contributed by atoms with Gasteiger partial charge >= 0.3 is 23.1 Å². The molecule has 0 saturated carbocycles. The van der Waals surface area contributed by atoms with Gasteiger partial charge in [-0.3, -0.25) is 9.69 Å². The molecule has 1 aliphatic rings. The molecule has 10 nitrogen and oxygen atoms in total. The molecule has 188 valence electrons. The second-order valence-corrected chi connectivity index (χ2v) is 9.05. The number of hydrogen-bond acceptors (Lipinski definition) is 8. The molecule has 2 N–H and O–H groups in total. The third kappa shape index (κ3) is 5.62. The minimum Gasteiger partial charge on any atom is -0.479 e. The minimum atomic E-state index is -3.17. The molecule has 1 aromatic heterocycles. The van der Waals surface area contributed by atoms with Crippen LogP contribution in [0.25, 0.3) is 0 Å². The highest BCUT2D eigenvalue weighted by molar-refractivity contribution is 7.61. The average molecular weight is 511 g/mol. The SMILES string of the molecule is Cc1ccc(NC(=O)C2(c3ccccc3C(C)C)CN(C(N=S(=O)=O)C(=O)O)C2)c(OC(F)F)n1. The highest BCUT2D eigenvalue weighted by atomic mass is 32.2. The lowest BCUT2D eigenvalue weighted by Crippen LogP contribution is -2.68. The molecule has 1 fully saturated rings. The molecule has 3 rings (SSSR count). The van der Waals surface area contributed by atoms with Crippen LogP contribution in [0.2, 0.25) is 0 Å². The number of pyridine rings is 1. The number of anilines is 1. The summed E-state index contributed by atoms with van der Waals surface area (Å²) in [5.74, 6) is -2.57. The van der Waals surface area contributed by atoms with Crippen molar-refractivity contribution in [1.82, 2.24) is 9.88 Å². The summed E-state index contributed by atoms with van der Waals surface area (Å²) in [6.45, 7) is 1.91. The summed E-state index contributed by atoms with van der Waals surface area (Å²) < 4.78 is 55.6. The van der Waals surface area contributed by atoms with E-state index in [1.54, 1.807) is 25.1 Å². The van der Waals surface area contributed by atoms with Gasteiger partial charge in [-0.1, -0.05) is 38.1 Å². The van der Waals surface area contributed by atoms with Gasteiger partial charge in [0.1, 0.15) is 11.1 Å². The molecular weight excluding hydrogens is 486 g/mol. The molecule has 1 atom stereocenters. The molecule has 0 radical (unpaired) electrons. The molecule has 13 heteroatoms. The van der Waals surface area contributed by atoms with Crippen molar-refractivity contribution in [2.45, 2.75) is 44.9 Å². The first kappa shape index (κ1) is 26.2. The lowest BCUT2D eigenvalue weighted by Gasteiger charge is -2.50. The number of carboxylic acids is 1. The number of rotatable bonds is 9. The van der Waals surface area contributed by atoms with Crippen molar-refractivity contribution in [1.29, 1.82) is 0 Å². The number of carbonyl (C=O) groups excluding carboxylic acids is 1. The predicted octanol–water partition coefficient (Wildman–Crippen LogP) is 2.78. The van der Waals surface area contributed by atoms with E-state index >= 15 is 0 Å². The summed E-state index contributed by atoms with van der Waals surface area (Å²) in [7, 11) is -2.98. The molecule has 1 amide bonds. The molecule has 2 aromatic rings. The summed E-state index contributed by atoms with van der Waals surface area (Å²) in [5.41, 5.74) is 0.421. The Labute approximate surface area is 201 Å². The zero-order valence-corrected chi connectivity index (χ0v) is 19.9. The van der Waals surface area contributed by atoms with Crippen molar-refractivity contribution >= 4 is 28.1 Å². The molecule has 1 aliphatic heterocycles. The number of carboxylic acid groups (broad SMARTS) is 1. The topological polar surface area (TPSA) is 138 Å². The Morgan fingerprint density at radius 2 is 1.86 bits per heavy atom. The molecular formula is C22H24F2N4O6S. The first-order valence-electron chi connectivity index (χ1n) is 10.5. The fraction of sp³-hybridized carbons (Fsp3) is 0.409. The Balaban J connectivity index is 2.04. The van der Waals surface area contributed by atoms with Gasteiger partial charge in [0.05, 0.1) is 0 Å². The van der Waals surface area contributed by atoms with Crippen LogP contribution in [0, 0.1) is 6.92 Å². The predicted molar refractivity (Wildman–Crippen MR) is 121 cm³/mol. The average Bonchev–Trinajstić information content (AvgIpc) is 2.73. The van der Waals surface area contributed by atoms with E-state index < -0.39 is 46.4 Å². The first-order valence-corrected chi connectivity index (χ1v) is 11.6. The summed E-state index contributed by atoms with van der Waals surface area (Å²) in [6.07, 6.45) is -1.71. The Morgan fingerprint density at radius 1 is 1.20 bits per heavy atom. The van der Waals surface area contributed by atoms with Crippen LogP contribution in [0.4, 0.5) is 14.5 Å². The number of amides is 1. The van der Waals surface area contributed by atoms with E-state index in [9.17, 15) is 31.9 Å². The number of halogens is 2.